The molecule has 0 amide bonds. The summed E-state index contributed by atoms with van der Waals surface area (Å²) in [6.45, 7) is 6.72. The fourth-order valence-corrected chi connectivity index (χ4v) is 2.18. The zero-order valence-corrected chi connectivity index (χ0v) is 10.2. The second-order valence-corrected chi connectivity index (χ2v) is 4.88. The summed E-state index contributed by atoms with van der Waals surface area (Å²) >= 11 is 0. The molecular formula is C13H18F2N2. The Morgan fingerprint density at radius 3 is 2.47 bits per heavy atom. The summed E-state index contributed by atoms with van der Waals surface area (Å²) in [5, 5.41) is 3.42. The van der Waals surface area contributed by atoms with Crippen molar-refractivity contribution in [3.63, 3.8) is 0 Å². The maximum atomic E-state index is 13.2. The fraction of sp³-hybridized carbons (Fsp3) is 0.538. The highest BCUT2D eigenvalue weighted by Gasteiger charge is 2.22. The van der Waals surface area contributed by atoms with Crippen LogP contribution in [0.5, 0.6) is 0 Å². The number of benzene rings is 1. The zero-order valence-electron chi connectivity index (χ0n) is 10.2. The molecule has 4 heteroatoms. The average Bonchev–Trinajstić information content (AvgIpc) is 2.28. The number of nitrogens with zero attached hydrogens (tertiary/aromatic N) is 1. The van der Waals surface area contributed by atoms with Crippen LogP contribution in [-0.2, 0) is 0 Å². The van der Waals surface area contributed by atoms with Gasteiger partial charge in [0, 0.05) is 37.4 Å². The molecule has 1 atom stereocenters. The Labute approximate surface area is 101 Å². The molecule has 1 fully saturated rings. The molecule has 0 bridgehead atoms. The van der Waals surface area contributed by atoms with Gasteiger partial charge in [-0.05, 0) is 18.1 Å². The van der Waals surface area contributed by atoms with Gasteiger partial charge >= 0.3 is 0 Å². The van der Waals surface area contributed by atoms with Crippen LogP contribution in [-0.4, -0.2) is 25.7 Å². The van der Waals surface area contributed by atoms with E-state index in [1.165, 1.54) is 12.1 Å². The minimum atomic E-state index is -0.514. The van der Waals surface area contributed by atoms with Gasteiger partial charge in [0.05, 0.1) is 0 Å². The molecule has 17 heavy (non-hydrogen) atoms. The summed E-state index contributed by atoms with van der Waals surface area (Å²) < 4.78 is 26.3. The first-order valence-electron chi connectivity index (χ1n) is 6.00. The highest BCUT2D eigenvalue weighted by Crippen LogP contribution is 2.20. The Morgan fingerprint density at radius 2 is 1.88 bits per heavy atom. The Bertz CT molecular complexity index is 373. The maximum Gasteiger partial charge on any atom is 0.128 e. The first-order chi connectivity index (χ1) is 8.06. The van der Waals surface area contributed by atoms with E-state index in [9.17, 15) is 8.78 Å². The van der Waals surface area contributed by atoms with Gasteiger partial charge in [0.1, 0.15) is 11.6 Å². The quantitative estimate of drug-likeness (QED) is 0.854. The lowest BCUT2D eigenvalue weighted by molar-refractivity contribution is 0.368. The third-order valence-electron chi connectivity index (χ3n) is 3.22. The molecule has 0 saturated carbocycles. The molecule has 0 aromatic heterocycles. The lowest BCUT2D eigenvalue weighted by atomic mass is 10.0. The summed E-state index contributed by atoms with van der Waals surface area (Å²) in [5.41, 5.74) is 0.634. The predicted octanol–water partition coefficient (Wildman–Crippen LogP) is 2.40. The minimum absolute atomic E-state index is 0.370. The number of anilines is 1. The number of rotatable bonds is 2. The van der Waals surface area contributed by atoms with Gasteiger partial charge < -0.3 is 10.2 Å². The SMILES string of the molecule is CC(C)C1CN(c2cc(F)cc(F)c2)CCN1. The summed E-state index contributed by atoms with van der Waals surface area (Å²) in [6, 6.07) is 4.07. The lowest BCUT2D eigenvalue weighted by Crippen LogP contribution is -2.53. The van der Waals surface area contributed by atoms with Crippen LogP contribution in [0.15, 0.2) is 18.2 Å². The molecular weight excluding hydrogens is 222 g/mol. The Hall–Kier alpha value is -1.16. The standard InChI is InChI=1S/C13H18F2N2/c1-9(2)13-8-17(4-3-16-13)12-6-10(14)5-11(15)7-12/h5-7,9,13,16H,3-4,8H2,1-2H3. The molecule has 1 aromatic carbocycles. The van der Waals surface area contributed by atoms with Crippen LogP contribution in [0.3, 0.4) is 0 Å². The van der Waals surface area contributed by atoms with Crippen molar-refractivity contribution in [3.05, 3.63) is 29.8 Å². The molecule has 2 rings (SSSR count). The highest BCUT2D eigenvalue weighted by molar-refractivity contribution is 5.47. The smallest absolute Gasteiger partial charge is 0.128 e. The third-order valence-corrected chi connectivity index (χ3v) is 3.22. The third kappa shape index (κ3) is 2.94. The van der Waals surface area contributed by atoms with Gasteiger partial charge in [-0.2, -0.15) is 0 Å². The summed E-state index contributed by atoms with van der Waals surface area (Å²) in [7, 11) is 0. The van der Waals surface area contributed by atoms with E-state index >= 15 is 0 Å². The monoisotopic (exact) mass is 240 g/mol. The largest absolute Gasteiger partial charge is 0.369 e. The van der Waals surface area contributed by atoms with Crippen LogP contribution in [0, 0.1) is 17.6 Å². The van der Waals surface area contributed by atoms with Gasteiger partial charge in [-0.3, -0.25) is 0 Å². The Kier molecular flexibility index (Phi) is 3.62. The van der Waals surface area contributed by atoms with Crippen LogP contribution >= 0.6 is 0 Å². The molecule has 0 aliphatic carbocycles. The zero-order chi connectivity index (χ0) is 12.4. The van der Waals surface area contributed by atoms with Crippen LogP contribution in [0.1, 0.15) is 13.8 Å². The van der Waals surface area contributed by atoms with Crippen molar-refractivity contribution >= 4 is 5.69 Å². The van der Waals surface area contributed by atoms with Crippen LogP contribution in [0.2, 0.25) is 0 Å². The number of hydrogen-bond donors (Lipinski definition) is 1. The van der Waals surface area contributed by atoms with E-state index in [0.29, 0.717) is 17.6 Å². The molecule has 1 heterocycles. The van der Waals surface area contributed by atoms with Crippen molar-refractivity contribution in [2.75, 3.05) is 24.5 Å². The summed E-state index contributed by atoms with van der Waals surface area (Å²) in [4.78, 5) is 2.04. The second-order valence-electron chi connectivity index (χ2n) is 4.88. The molecule has 1 aliphatic heterocycles. The first kappa shape index (κ1) is 12.3. The van der Waals surface area contributed by atoms with Gasteiger partial charge in [-0.25, -0.2) is 8.78 Å². The van der Waals surface area contributed by atoms with E-state index < -0.39 is 11.6 Å². The number of piperazine rings is 1. The number of nitrogens with one attached hydrogen (secondary N) is 1. The van der Waals surface area contributed by atoms with E-state index in [1.54, 1.807) is 0 Å². The Morgan fingerprint density at radius 1 is 1.24 bits per heavy atom. The van der Waals surface area contributed by atoms with Crippen LogP contribution in [0.4, 0.5) is 14.5 Å². The van der Waals surface area contributed by atoms with Crippen molar-refractivity contribution < 1.29 is 8.78 Å². The molecule has 1 aliphatic rings. The van der Waals surface area contributed by atoms with E-state index in [4.69, 9.17) is 0 Å². The normalized spacial score (nSPS) is 21.0. The van der Waals surface area contributed by atoms with Gasteiger partial charge in [-0.1, -0.05) is 13.8 Å². The number of halogens is 2. The van der Waals surface area contributed by atoms with E-state index in [0.717, 1.165) is 25.7 Å². The molecule has 0 spiro atoms. The molecule has 1 unspecified atom stereocenters. The first-order valence-corrected chi connectivity index (χ1v) is 6.00. The maximum absolute atomic E-state index is 13.2. The van der Waals surface area contributed by atoms with Gasteiger partial charge in [-0.15, -0.1) is 0 Å². The lowest BCUT2D eigenvalue weighted by Gasteiger charge is -2.37. The molecule has 1 aromatic rings. The molecule has 94 valence electrons. The highest BCUT2D eigenvalue weighted by atomic mass is 19.1. The minimum Gasteiger partial charge on any atom is -0.369 e. The molecule has 2 nitrogen and oxygen atoms in total. The van der Waals surface area contributed by atoms with Crippen molar-refractivity contribution in [1.82, 2.24) is 5.32 Å². The van der Waals surface area contributed by atoms with Crippen molar-refractivity contribution in [1.29, 1.82) is 0 Å². The second kappa shape index (κ2) is 5.00. The van der Waals surface area contributed by atoms with E-state index in [1.807, 2.05) is 4.90 Å². The van der Waals surface area contributed by atoms with Crippen molar-refractivity contribution in [2.24, 2.45) is 5.92 Å². The number of hydrogen-bond acceptors (Lipinski definition) is 2. The summed E-state index contributed by atoms with van der Waals surface area (Å²) in [6.07, 6.45) is 0. The molecule has 1 saturated heterocycles. The van der Waals surface area contributed by atoms with Crippen LogP contribution < -0.4 is 10.2 Å². The Balaban J connectivity index is 2.16. The van der Waals surface area contributed by atoms with E-state index in [-0.39, 0.29) is 0 Å². The fourth-order valence-electron chi connectivity index (χ4n) is 2.18. The van der Waals surface area contributed by atoms with Crippen molar-refractivity contribution in [2.45, 2.75) is 19.9 Å². The average molecular weight is 240 g/mol. The van der Waals surface area contributed by atoms with Gasteiger partial charge in [0.2, 0.25) is 0 Å². The van der Waals surface area contributed by atoms with Crippen LogP contribution in [0.25, 0.3) is 0 Å². The predicted molar refractivity (Wildman–Crippen MR) is 65.2 cm³/mol. The molecule has 1 N–H and O–H groups in total. The van der Waals surface area contributed by atoms with Gasteiger partial charge in [0.25, 0.3) is 0 Å². The molecule has 0 radical (unpaired) electrons. The van der Waals surface area contributed by atoms with Crippen molar-refractivity contribution in [3.8, 4) is 0 Å². The van der Waals surface area contributed by atoms with Gasteiger partial charge in [0.15, 0.2) is 0 Å². The summed E-state index contributed by atoms with van der Waals surface area (Å²) in [5.74, 6) is -0.518. The van der Waals surface area contributed by atoms with E-state index in [2.05, 4.69) is 19.2 Å². The topological polar surface area (TPSA) is 15.3 Å².